The van der Waals surface area contributed by atoms with Gasteiger partial charge in [-0.2, -0.15) is 0 Å². The number of carboxylic acids is 1. The van der Waals surface area contributed by atoms with E-state index in [9.17, 15) is 14.9 Å². The lowest BCUT2D eigenvalue weighted by Crippen LogP contribution is -2.48. The van der Waals surface area contributed by atoms with E-state index in [2.05, 4.69) is 21.2 Å². The van der Waals surface area contributed by atoms with Crippen molar-refractivity contribution in [1.29, 1.82) is 0 Å². The lowest BCUT2D eigenvalue weighted by molar-refractivity contribution is -0.386. The molecule has 0 aromatic heterocycles. The molecule has 116 valence electrons. The van der Waals surface area contributed by atoms with Crippen molar-refractivity contribution in [2.75, 3.05) is 13.7 Å². The minimum Gasteiger partial charge on any atom is -0.487 e. The van der Waals surface area contributed by atoms with Crippen LogP contribution in [0.15, 0.2) is 16.6 Å². The molecule has 0 radical (unpaired) electrons. The number of likely N-dealkylation sites (N-methyl/N-ethyl adjacent to an activating group) is 1. The van der Waals surface area contributed by atoms with E-state index in [-0.39, 0.29) is 24.5 Å². The van der Waals surface area contributed by atoms with Gasteiger partial charge < -0.3 is 15.2 Å². The molecular formula is C13H17BrN2O5. The summed E-state index contributed by atoms with van der Waals surface area (Å²) in [5.74, 6) is -0.845. The second kappa shape index (κ2) is 6.86. The molecule has 0 saturated heterocycles. The fourth-order valence-corrected chi connectivity index (χ4v) is 2.29. The molecule has 0 amide bonds. The molecule has 0 saturated carbocycles. The first kappa shape index (κ1) is 17.4. The highest BCUT2D eigenvalue weighted by atomic mass is 79.9. The maximum absolute atomic E-state index is 11.1. The van der Waals surface area contributed by atoms with E-state index in [0.717, 1.165) is 0 Å². The average molecular weight is 361 g/mol. The summed E-state index contributed by atoms with van der Waals surface area (Å²) >= 11 is 3.20. The molecule has 0 fully saturated rings. The molecule has 0 bridgehead atoms. The Balaban J connectivity index is 2.90. The summed E-state index contributed by atoms with van der Waals surface area (Å²) in [6.07, 6.45) is 0.172. The van der Waals surface area contributed by atoms with Gasteiger partial charge in [0.1, 0.15) is 5.54 Å². The van der Waals surface area contributed by atoms with Crippen molar-refractivity contribution in [1.82, 2.24) is 5.32 Å². The van der Waals surface area contributed by atoms with Crippen LogP contribution in [0.5, 0.6) is 5.75 Å². The number of halogens is 1. The number of benzene rings is 1. The summed E-state index contributed by atoms with van der Waals surface area (Å²) in [5.41, 5.74) is -0.682. The number of aliphatic carboxylic acids is 1. The van der Waals surface area contributed by atoms with Gasteiger partial charge in [-0.25, -0.2) is 0 Å². The number of nitro benzene ring substituents is 1. The summed E-state index contributed by atoms with van der Waals surface area (Å²) in [7, 11) is 1.54. The van der Waals surface area contributed by atoms with Gasteiger partial charge in [-0.1, -0.05) is 15.9 Å². The molecule has 0 aliphatic rings. The van der Waals surface area contributed by atoms with Gasteiger partial charge in [-0.05, 0) is 32.5 Å². The third-order valence-corrected chi connectivity index (χ3v) is 3.75. The van der Waals surface area contributed by atoms with Crippen LogP contribution in [0.25, 0.3) is 0 Å². The fourth-order valence-electron chi connectivity index (χ4n) is 1.73. The van der Waals surface area contributed by atoms with Gasteiger partial charge in [0.2, 0.25) is 0 Å². The molecule has 2 N–H and O–H groups in total. The van der Waals surface area contributed by atoms with Crippen molar-refractivity contribution in [3.8, 4) is 5.75 Å². The van der Waals surface area contributed by atoms with Crippen LogP contribution in [-0.2, 0) is 4.79 Å². The Morgan fingerprint density at radius 2 is 2.19 bits per heavy atom. The smallest absolute Gasteiger partial charge is 0.323 e. The zero-order valence-electron chi connectivity index (χ0n) is 12.0. The Kier molecular flexibility index (Phi) is 5.68. The molecule has 0 aliphatic carbocycles. The van der Waals surface area contributed by atoms with Crippen LogP contribution < -0.4 is 10.1 Å². The van der Waals surface area contributed by atoms with Crippen LogP contribution in [-0.4, -0.2) is 35.2 Å². The Morgan fingerprint density at radius 3 is 2.67 bits per heavy atom. The number of hydrogen-bond donors (Lipinski definition) is 2. The van der Waals surface area contributed by atoms with Crippen molar-refractivity contribution < 1.29 is 19.6 Å². The number of ether oxygens (including phenoxy) is 1. The van der Waals surface area contributed by atoms with E-state index < -0.39 is 16.4 Å². The molecule has 1 unspecified atom stereocenters. The molecule has 8 heteroatoms. The average Bonchev–Trinajstić information content (AvgIpc) is 2.39. The van der Waals surface area contributed by atoms with Crippen LogP contribution in [0, 0.1) is 17.0 Å². The van der Waals surface area contributed by atoms with Crippen molar-refractivity contribution in [3.05, 3.63) is 32.3 Å². The topological polar surface area (TPSA) is 102 Å². The zero-order chi connectivity index (χ0) is 16.2. The molecule has 1 atom stereocenters. The summed E-state index contributed by atoms with van der Waals surface area (Å²) in [4.78, 5) is 21.7. The SMILES string of the molecule is CNC(C)(CCOc1c(C)cc(Br)cc1[N+](=O)[O-])C(=O)O. The quantitative estimate of drug-likeness (QED) is 0.572. The molecule has 21 heavy (non-hydrogen) atoms. The molecule has 0 aliphatic heterocycles. The van der Waals surface area contributed by atoms with Gasteiger partial charge in [0, 0.05) is 17.0 Å². The van der Waals surface area contributed by atoms with E-state index in [1.807, 2.05) is 0 Å². The van der Waals surface area contributed by atoms with Gasteiger partial charge in [0.15, 0.2) is 5.75 Å². The molecule has 7 nitrogen and oxygen atoms in total. The summed E-state index contributed by atoms with van der Waals surface area (Å²) in [5, 5.41) is 22.9. The van der Waals surface area contributed by atoms with Gasteiger partial charge >= 0.3 is 11.7 Å². The fraction of sp³-hybridized carbons (Fsp3) is 0.462. The monoisotopic (exact) mass is 360 g/mol. The van der Waals surface area contributed by atoms with Crippen molar-refractivity contribution in [2.24, 2.45) is 0 Å². The van der Waals surface area contributed by atoms with Crippen molar-refractivity contribution in [3.63, 3.8) is 0 Å². The second-order valence-corrected chi connectivity index (χ2v) is 5.73. The Hall–Kier alpha value is -1.67. The lowest BCUT2D eigenvalue weighted by Gasteiger charge is -2.24. The van der Waals surface area contributed by atoms with Crippen LogP contribution >= 0.6 is 15.9 Å². The highest BCUT2D eigenvalue weighted by molar-refractivity contribution is 9.10. The maximum atomic E-state index is 11.1. The van der Waals surface area contributed by atoms with Crippen LogP contribution in [0.3, 0.4) is 0 Å². The highest BCUT2D eigenvalue weighted by Crippen LogP contribution is 2.34. The number of aryl methyl sites for hydroxylation is 1. The van der Waals surface area contributed by atoms with Gasteiger partial charge in [-0.15, -0.1) is 0 Å². The summed E-state index contributed by atoms with van der Waals surface area (Å²) < 4.78 is 6.05. The third-order valence-electron chi connectivity index (χ3n) is 3.29. The minimum absolute atomic E-state index is 0.0486. The Labute approximate surface area is 130 Å². The highest BCUT2D eigenvalue weighted by Gasteiger charge is 2.31. The minimum atomic E-state index is -1.14. The van der Waals surface area contributed by atoms with Gasteiger partial charge in [0.05, 0.1) is 11.5 Å². The van der Waals surface area contributed by atoms with Crippen LogP contribution in [0.4, 0.5) is 5.69 Å². The number of hydrogen-bond acceptors (Lipinski definition) is 5. The Bertz CT molecular complexity index is 564. The largest absolute Gasteiger partial charge is 0.487 e. The van der Waals surface area contributed by atoms with E-state index in [1.54, 1.807) is 20.0 Å². The first-order valence-electron chi connectivity index (χ1n) is 6.21. The van der Waals surface area contributed by atoms with Gasteiger partial charge in [0.25, 0.3) is 0 Å². The number of nitrogens with zero attached hydrogens (tertiary/aromatic N) is 1. The van der Waals surface area contributed by atoms with E-state index in [0.29, 0.717) is 10.0 Å². The molecule has 0 heterocycles. The molecule has 1 aromatic carbocycles. The first-order valence-corrected chi connectivity index (χ1v) is 7.00. The number of nitrogens with one attached hydrogen (secondary N) is 1. The van der Waals surface area contributed by atoms with Crippen LogP contribution in [0.1, 0.15) is 18.9 Å². The van der Waals surface area contributed by atoms with Crippen LogP contribution in [0.2, 0.25) is 0 Å². The van der Waals surface area contributed by atoms with Crippen molar-refractivity contribution in [2.45, 2.75) is 25.8 Å². The van der Waals surface area contributed by atoms with E-state index in [1.165, 1.54) is 13.0 Å². The van der Waals surface area contributed by atoms with E-state index >= 15 is 0 Å². The molecule has 1 rings (SSSR count). The number of carboxylic acid groups (broad SMARTS) is 1. The summed E-state index contributed by atoms with van der Waals surface area (Å²) in [6.45, 7) is 3.27. The normalized spacial score (nSPS) is 13.5. The molecule has 1 aromatic rings. The maximum Gasteiger partial charge on any atom is 0.323 e. The van der Waals surface area contributed by atoms with E-state index in [4.69, 9.17) is 9.84 Å². The lowest BCUT2D eigenvalue weighted by atomic mass is 9.99. The predicted octanol–water partition coefficient (Wildman–Crippen LogP) is 2.50. The van der Waals surface area contributed by atoms with Crippen molar-refractivity contribution >= 4 is 27.6 Å². The van der Waals surface area contributed by atoms with Gasteiger partial charge in [-0.3, -0.25) is 14.9 Å². The number of carbonyl (C=O) groups is 1. The first-order chi connectivity index (χ1) is 9.71. The zero-order valence-corrected chi connectivity index (χ0v) is 13.6. The second-order valence-electron chi connectivity index (χ2n) is 4.81. The Morgan fingerprint density at radius 1 is 1.57 bits per heavy atom. The summed E-state index contributed by atoms with van der Waals surface area (Å²) in [6, 6.07) is 3.06. The molecular weight excluding hydrogens is 344 g/mol. The number of rotatable bonds is 7. The molecule has 0 spiro atoms. The third kappa shape index (κ3) is 4.15. The predicted molar refractivity (Wildman–Crippen MR) is 80.7 cm³/mol. The standard InChI is InChI=1S/C13H17BrN2O5/c1-8-6-9(14)7-10(16(19)20)11(8)21-5-4-13(2,15-3)12(17)18/h6-7,15H,4-5H2,1-3H3,(H,17,18). The number of nitro groups is 1.